The van der Waals surface area contributed by atoms with Crippen molar-refractivity contribution in [3.63, 3.8) is 0 Å². The van der Waals surface area contributed by atoms with Crippen LogP contribution in [0.3, 0.4) is 0 Å². The number of hydrogen-bond acceptors (Lipinski definition) is 2. The minimum absolute atomic E-state index is 0. The largest absolute Gasteiger partial charge is 0.376 e. The second kappa shape index (κ2) is 5.92. The van der Waals surface area contributed by atoms with Crippen molar-refractivity contribution < 1.29 is 4.79 Å². The first-order valence-electron chi connectivity index (χ1n) is 5.74. The van der Waals surface area contributed by atoms with Crippen LogP contribution in [0.1, 0.15) is 19.8 Å². The summed E-state index contributed by atoms with van der Waals surface area (Å²) in [7, 11) is 0. The summed E-state index contributed by atoms with van der Waals surface area (Å²) in [5, 5.41) is 6.04. The van der Waals surface area contributed by atoms with E-state index in [1.807, 2.05) is 30.3 Å². The van der Waals surface area contributed by atoms with E-state index in [1.54, 1.807) is 0 Å². The molecule has 0 heterocycles. The van der Waals surface area contributed by atoms with Crippen LogP contribution in [0.15, 0.2) is 30.3 Å². The van der Waals surface area contributed by atoms with Crippen molar-refractivity contribution in [1.29, 1.82) is 0 Å². The Hall–Kier alpha value is -1.22. The van der Waals surface area contributed by atoms with Crippen LogP contribution in [0.2, 0.25) is 0 Å². The molecule has 1 fully saturated rings. The topological polar surface area (TPSA) is 41.1 Å². The smallest absolute Gasteiger partial charge is 0.239 e. The minimum Gasteiger partial charge on any atom is -0.376 e. The highest BCUT2D eigenvalue weighted by atomic mass is 35.5. The first-order valence-corrected chi connectivity index (χ1v) is 5.74. The van der Waals surface area contributed by atoms with E-state index >= 15 is 0 Å². The maximum Gasteiger partial charge on any atom is 0.239 e. The van der Waals surface area contributed by atoms with E-state index in [2.05, 4.69) is 17.6 Å². The Morgan fingerprint density at radius 2 is 1.94 bits per heavy atom. The number of rotatable bonds is 5. The molecular formula is C13H19ClN2O. The summed E-state index contributed by atoms with van der Waals surface area (Å²) in [4.78, 5) is 11.5. The van der Waals surface area contributed by atoms with Gasteiger partial charge in [0.2, 0.25) is 5.91 Å². The Balaban J connectivity index is 0.00000144. The number of hydrogen-bond donors (Lipinski definition) is 2. The Kier molecular flexibility index (Phi) is 4.82. The van der Waals surface area contributed by atoms with Gasteiger partial charge in [0.15, 0.2) is 0 Å². The predicted octanol–water partition coefficient (Wildman–Crippen LogP) is 2.44. The van der Waals surface area contributed by atoms with Gasteiger partial charge < -0.3 is 10.6 Å². The van der Waals surface area contributed by atoms with E-state index in [-0.39, 0.29) is 18.3 Å². The standard InChI is InChI=1S/C13H18N2O.ClH/c1-13(7-8-13)10-15-12(16)9-14-11-5-3-2-4-6-11;/h2-6,14H,7-10H2,1H3,(H,15,16);1H. The van der Waals surface area contributed by atoms with Gasteiger partial charge in [-0.15, -0.1) is 12.4 Å². The van der Waals surface area contributed by atoms with E-state index in [9.17, 15) is 4.79 Å². The maximum absolute atomic E-state index is 11.5. The third kappa shape index (κ3) is 4.65. The zero-order valence-electron chi connectivity index (χ0n) is 10.0. The summed E-state index contributed by atoms with van der Waals surface area (Å²) in [6, 6.07) is 9.76. The molecule has 1 saturated carbocycles. The summed E-state index contributed by atoms with van der Waals surface area (Å²) >= 11 is 0. The summed E-state index contributed by atoms with van der Waals surface area (Å²) in [5.41, 5.74) is 1.36. The van der Waals surface area contributed by atoms with Gasteiger partial charge in [0.25, 0.3) is 0 Å². The van der Waals surface area contributed by atoms with E-state index in [0.29, 0.717) is 12.0 Å². The average molecular weight is 255 g/mol. The number of halogens is 1. The predicted molar refractivity (Wildman–Crippen MR) is 72.5 cm³/mol. The minimum atomic E-state index is 0. The highest BCUT2D eigenvalue weighted by Crippen LogP contribution is 2.43. The van der Waals surface area contributed by atoms with Crippen molar-refractivity contribution in [2.45, 2.75) is 19.8 Å². The van der Waals surface area contributed by atoms with Gasteiger partial charge in [-0.2, -0.15) is 0 Å². The average Bonchev–Trinajstić information content (AvgIpc) is 3.04. The highest BCUT2D eigenvalue weighted by molar-refractivity contribution is 5.85. The zero-order chi connectivity index (χ0) is 11.4. The lowest BCUT2D eigenvalue weighted by atomic mass is 10.1. The van der Waals surface area contributed by atoms with E-state index in [0.717, 1.165) is 12.2 Å². The first kappa shape index (κ1) is 13.8. The monoisotopic (exact) mass is 254 g/mol. The van der Waals surface area contributed by atoms with Gasteiger partial charge in [-0.25, -0.2) is 0 Å². The van der Waals surface area contributed by atoms with Gasteiger partial charge in [-0.05, 0) is 30.4 Å². The summed E-state index contributed by atoms with van der Waals surface area (Å²) in [5.74, 6) is 0.0666. The van der Waals surface area contributed by atoms with Crippen LogP contribution in [-0.2, 0) is 4.79 Å². The molecule has 0 unspecified atom stereocenters. The quantitative estimate of drug-likeness (QED) is 0.848. The number of nitrogens with one attached hydrogen (secondary N) is 2. The van der Waals surface area contributed by atoms with E-state index in [1.165, 1.54) is 12.8 Å². The van der Waals surface area contributed by atoms with Crippen LogP contribution in [-0.4, -0.2) is 19.0 Å². The Bertz CT molecular complexity index is 363. The van der Waals surface area contributed by atoms with Gasteiger partial charge in [0.05, 0.1) is 6.54 Å². The van der Waals surface area contributed by atoms with Gasteiger partial charge in [0.1, 0.15) is 0 Å². The molecule has 1 aliphatic carbocycles. The molecule has 0 aliphatic heterocycles. The number of carbonyl (C=O) groups is 1. The van der Waals surface area contributed by atoms with Gasteiger partial charge >= 0.3 is 0 Å². The summed E-state index contributed by atoms with van der Waals surface area (Å²) in [6.45, 7) is 3.36. The molecule has 0 saturated heterocycles. The van der Waals surface area contributed by atoms with Crippen LogP contribution < -0.4 is 10.6 Å². The van der Waals surface area contributed by atoms with Crippen molar-refractivity contribution in [2.75, 3.05) is 18.4 Å². The fraction of sp³-hybridized carbons (Fsp3) is 0.462. The molecular weight excluding hydrogens is 236 g/mol. The molecule has 0 atom stereocenters. The molecule has 0 aromatic heterocycles. The lowest BCUT2D eigenvalue weighted by Crippen LogP contribution is -2.33. The molecule has 1 aromatic rings. The number of carbonyl (C=O) groups excluding carboxylic acids is 1. The number of anilines is 1. The zero-order valence-corrected chi connectivity index (χ0v) is 10.8. The van der Waals surface area contributed by atoms with Crippen LogP contribution in [0.25, 0.3) is 0 Å². The molecule has 1 amide bonds. The molecule has 0 radical (unpaired) electrons. The normalized spacial score (nSPS) is 15.6. The third-order valence-electron chi connectivity index (χ3n) is 3.04. The van der Waals surface area contributed by atoms with Crippen molar-refractivity contribution in [3.05, 3.63) is 30.3 Å². The van der Waals surface area contributed by atoms with Crippen LogP contribution in [0, 0.1) is 5.41 Å². The molecule has 3 nitrogen and oxygen atoms in total. The first-order chi connectivity index (χ1) is 7.68. The van der Waals surface area contributed by atoms with Crippen LogP contribution >= 0.6 is 12.4 Å². The molecule has 0 spiro atoms. The second-order valence-corrected chi connectivity index (χ2v) is 4.81. The van der Waals surface area contributed by atoms with Crippen LogP contribution in [0.5, 0.6) is 0 Å². The van der Waals surface area contributed by atoms with Crippen molar-refractivity contribution in [3.8, 4) is 0 Å². The number of para-hydroxylation sites is 1. The Morgan fingerprint density at radius 3 is 2.53 bits per heavy atom. The Labute approximate surface area is 108 Å². The van der Waals surface area contributed by atoms with Gasteiger partial charge in [-0.3, -0.25) is 4.79 Å². The van der Waals surface area contributed by atoms with Crippen molar-refractivity contribution in [2.24, 2.45) is 5.41 Å². The SMILES string of the molecule is CC1(CNC(=O)CNc2ccccc2)CC1.Cl. The molecule has 2 rings (SSSR count). The molecule has 2 N–H and O–H groups in total. The lowest BCUT2D eigenvalue weighted by Gasteiger charge is -2.11. The van der Waals surface area contributed by atoms with Crippen molar-refractivity contribution >= 4 is 24.0 Å². The molecule has 94 valence electrons. The van der Waals surface area contributed by atoms with Crippen LogP contribution in [0.4, 0.5) is 5.69 Å². The molecule has 1 aliphatic rings. The summed E-state index contributed by atoms with van der Waals surface area (Å²) < 4.78 is 0. The second-order valence-electron chi connectivity index (χ2n) is 4.81. The molecule has 0 bridgehead atoms. The maximum atomic E-state index is 11.5. The van der Waals surface area contributed by atoms with Crippen molar-refractivity contribution in [1.82, 2.24) is 5.32 Å². The lowest BCUT2D eigenvalue weighted by molar-refractivity contribution is -0.119. The van der Waals surface area contributed by atoms with E-state index in [4.69, 9.17) is 0 Å². The summed E-state index contributed by atoms with van der Waals surface area (Å²) in [6.07, 6.45) is 2.47. The fourth-order valence-corrected chi connectivity index (χ4v) is 1.50. The Morgan fingerprint density at radius 1 is 1.29 bits per heavy atom. The van der Waals surface area contributed by atoms with Gasteiger partial charge in [-0.1, -0.05) is 25.1 Å². The molecule has 17 heavy (non-hydrogen) atoms. The molecule has 4 heteroatoms. The third-order valence-corrected chi connectivity index (χ3v) is 3.04. The number of amides is 1. The fourth-order valence-electron chi connectivity index (χ4n) is 1.50. The van der Waals surface area contributed by atoms with Gasteiger partial charge in [0, 0.05) is 12.2 Å². The molecule has 1 aromatic carbocycles. The highest BCUT2D eigenvalue weighted by Gasteiger charge is 2.37. The van der Waals surface area contributed by atoms with E-state index < -0.39 is 0 Å². The number of benzene rings is 1.